The minimum Gasteiger partial charge on any atom is -0.313 e. The van der Waals surface area contributed by atoms with Crippen LogP contribution in [0.15, 0.2) is 29.9 Å². The second-order valence-electron chi connectivity index (χ2n) is 3.99. The molecule has 90 valence electrons. The van der Waals surface area contributed by atoms with Crippen LogP contribution in [0.25, 0.3) is 0 Å². The molecule has 0 saturated carbocycles. The van der Waals surface area contributed by atoms with E-state index in [0.717, 1.165) is 22.6 Å². The van der Waals surface area contributed by atoms with Gasteiger partial charge in [0.1, 0.15) is 0 Å². The smallest absolute Gasteiger partial charge is 0.0794 e. The maximum absolute atomic E-state index is 6.35. The van der Waals surface area contributed by atoms with Crippen molar-refractivity contribution in [3.63, 3.8) is 0 Å². The molecule has 1 atom stereocenters. The second-order valence-corrected chi connectivity index (χ2v) is 5.34. The van der Waals surface area contributed by atoms with Crippen LogP contribution in [0.1, 0.15) is 22.0 Å². The molecule has 2 nitrogen and oxygen atoms in total. The summed E-state index contributed by atoms with van der Waals surface area (Å²) in [6.45, 7) is 2.03. The Morgan fingerprint density at radius 1 is 1.47 bits per heavy atom. The number of nitrogens with one attached hydrogen (secondary N) is 1. The summed E-state index contributed by atoms with van der Waals surface area (Å²) in [6.07, 6.45) is 2.84. The quantitative estimate of drug-likeness (QED) is 0.915. The van der Waals surface area contributed by atoms with Crippen molar-refractivity contribution in [2.75, 3.05) is 7.05 Å². The monoisotopic (exact) mass is 266 g/mol. The van der Waals surface area contributed by atoms with Gasteiger partial charge in [0, 0.05) is 28.6 Å². The molecule has 1 aromatic carbocycles. The third-order valence-electron chi connectivity index (χ3n) is 2.83. The van der Waals surface area contributed by atoms with Crippen molar-refractivity contribution in [2.24, 2.45) is 0 Å². The Bertz CT molecular complexity index is 482. The molecule has 0 radical (unpaired) electrons. The largest absolute Gasteiger partial charge is 0.313 e. The van der Waals surface area contributed by atoms with Gasteiger partial charge in [-0.15, -0.1) is 11.3 Å². The molecule has 2 rings (SSSR count). The highest BCUT2D eigenvalue weighted by molar-refractivity contribution is 7.09. The summed E-state index contributed by atoms with van der Waals surface area (Å²) >= 11 is 8.03. The number of aromatic nitrogens is 1. The number of rotatable bonds is 4. The minimum absolute atomic E-state index is 0.239. The minimum atomic E-state index is 0.239. The lowest BCUT2D eigenvalue weighted by Crippen LogP contribution is -2.19. The maximum atomic E-state index is 6.35. The van der Waals surface area contributed by atoms with E-state index in [0.29, 0.717) is 0 Å². The van der Waals surface area contributed by atoms with Gasteiger partial charge >= 0.3 is 0 Å². The number of likely N-dealkylation sites (N-methyl/N-ethyl adjacent to an activating group) is 1. The van der Waals surface area contributed by atoms with Crippen LogP contribution in [0.3, 0.4) is 0 Å². The number of benzene rings is 1. The zero-order valence-corrected chi connectivity index (χ0v) is 11.5. The van der Waals surface area contributed by atoms with E-state index in [4.69, 9.17) is 11.6 Å². The zero-order chi connectivity index (χ0) is 12.3. The van der Waals surface area contributed by atoms with Crippen molar-refractivity contribution in [1.29, 1.82) is 0 Å². The Balaban J connectivity index is 2.26. The van der Waals surface area contributed by atoms with E-state index in [9.17, 15) is 0 Å². The summed E-state index contributed by atoms with van der Waals surface area (Å²) in [5.74, 6) is 0. The molecular formula is C13H15ClN2S. The van der Waals surface area contributed by atoms with E-state index in [1.807, 2.05) is 37.8 Å². The van der Waals surface area contributed by atoms with Crippen molar-refractivity contribution in [1.82, 2.24) is 10.3 Å². The van der Waals surface area contributed by atoms with Gasteiger partial charge in [0.15, 0.2) is 0 Å². The molecule has 0 aliphatic carbocycles. The summed E-state index contributed by atoms with van der Waals surface area (Å²) in [4.78, 5) is 5.37. The van der Waals surface area contributed by atoms with E-state index < -0.39 is 0 Å². The third kappa shape index (κ3) is 2.86. The third-order valence-corrected chi connectivity index (χ3v) is 4.15. The standard InChI is InChI=1S/C13H15ClN2S/c1-9-4-3-5-11(13(9)14)12(15-2)6-10-7-16-8-17-10/h3-5,7-8,12,15H,6H2,1-2H3. The molecule has 0 aliphatic heterocycles. The highest BCUT2D eigenvalue weighted by Gasteiger charge is 2.15. The molecule has 1 N–H and O–H groups in total. The molecule has 0 bridgehead atoms. The highest BCUT2D eigenvalue weighted by Crippen LogP contribution is 2.28. The number of halogens is 1. The van der Waals surface area contributed by atoms with Crippen LogP contribution >= 0.6 is 22.9 Å². The number of aryl methyl sites for hydroxylation is 1. The predicted octanol–water partition coefficient (Wildman–Crippen LogP) is 3.61. The second kappa shape index (κ2) is 5.63. The van der Waals surface area contributed by atoms with Crippen molar-refractivity contribution < 1.29 is 0 Å². The van der Waals surface area contributed by atoms with Gasteiger partial charge in [-0.25, -0.2) is 0 Å². The van der Waals surface area contributed by atoms with Crippen LogP contribution in [0.4, 0.5) is 0 Å². The first-order valence-corrected chi connectivity index (χ1v) is 6.77. The normalized spacial score (nSPS) is 12.6. The molecule has 1 heterocycles. The Labute approximate surface area is 111 Å². The van der Waals surface area contributed by atoms with Gasteiger partial charge in [0.05, 0.1) is 5.51 Å². The summed E-state index contributed by atoms with van der Waals surface area (Å²) in [7, 11) is 1.96. The highest BCUT2D eigenvalue weighted by atomic mass is 35.5. The van der Waals surface area contributed by atoms with E-state index in [1.165, 1.54) is 4.88 Å². The van der Waals surface area contributed by atoms with Crippen LogP contribution < -0.4 is 5.32 Å². The molecule has 4 heteroatoms. The van der Waals surface area contributed by atoms with E-state index >= 15 is 0 Å². The van der Waals surface area contributed by atoms with Crippen LogP contribution in [-0.4, -0.2) is 12.0 Å². The van der Waals surface area contributed by atoms with Gasteiger partial charge in [-0.2, -0.15) is 0 Å². The molecular weight excluding hydrogens is 252 g/mol. The Morgan fingerprint density at radius 3 is 2.94 bits per heavy atom. The van der Waals surface area contributed by atoms with E-state index in [-0.39, 0.29) is 6.04 Å². The lowest BCUT2D eigenvalue weighted by molar-refractivity contribution is 0.596. The number of thiazole rings is 1. The summed E-state index contributed by atoms with van der Waals surface area (Å²) in [5, 5.41) is 4.18. The van der Waals surface area contributed by atoms with Gasteiger partial charge in [0.25, 0.3) is 0 Å². The zero-order valence-electron chi connectivity index (χ0n) is 9.90. The van der Waals surface area contributed by atoms with Gasteiger partial charge < -0.3 is 5.32 Å². The number of hydrogen-bond acceptors (Lipinski definition) is 3. The Morgan fingerprint density at radius 2 is 2.29 bits per heavy atom. The van der Waals surface area contributed by atoms with Gasteiger partial charge in [-0.05, 0) is 25.1 Å². The predicted molar refractivity (Wildman–Crippen MR) is 73.8 cm³/mol. The molecule has 2 aromatic rings. The first-order chi connectivity index (χ1) is 8.22. The average Bonchev–Trinajstić information content (AvgIpc) is 2.83. The summed E-state index contributed by atoms with van der Waals surface area (Å²) in [5.41, 5.74) is 4.14. The molecule has 0 amide bonds. The van der Waals surface area contributed by atoms with Crippen LogP contribution in [0.2, 0.25) is 5.02 Å². The Kier molecular flexibility index (Phi) is 4.15. The lowest BCUT2D eigenvalue weighted by atomic mass is 10.0. The average molecular weight is 267 g/mol. The molecule has 1 aromatic heterocycles. The van der Waals surface area contributed by atoms with Crippen molar-refractivity contribution in [2.45, 2.75) is 19.4 Å². The Hall–Kier alpha value is -0.900. The summed E-state index contributed by atoms with van der Waals surface area (Å²) in [6, 6.07) is 6.40. The van der Waals surface area contributed by atoms with E-state index in [2.05, 4.69) is 16.4 Å². The number of hydrogen-bond donors (Lipinski definition) is 1. The van der Waals surface area contributed by atoms with Crippen LogP contribution in [0, 0.1) is 6.92 Å². The van der Waals surface area contributed by atoms with Gasteiger partial charge in [-0.1, -0.05) is 29.8 Å². The molecule has 0 aliphatic rings. The van der Waals surface area contributed by atoms with Crippen molar-refractivity contribution >= 4 is 22.9 Å². The van der Waals surface area contributed by atoms with Gasteiger partial charge in [0.2, 0.25) is 0 Å². The molecule has 0 saturated heterocycles. The van der Waals surface area contributed by atoms with Crippen LogP contribution in [-0.2, 0) is 6.42 Å². The topological polar surface area (TPSA) is 24.9 Å². The first-order valence-electron chi connectivity index (χ1n) is 5.52. The maximum Gasteiger partial charge on any atom is 0.0794 e. The van der Waals surface area contributed by atoms with Crippen molar-refractivity contribution in [3.05, 3.63) is 50.9 Å². The fraction of sp³-hybridized carbons (Fsp3) is 0.308. The molecule has 0 fully saturated rings. The van der Waals surface area contributed by atoms with E-state index in [1.54, 1.807) is 11.3 Å². The molecule has 1 unspecified atom stereocenters. The first kappa shape index (κ1) is 12.6. The van der Waals surface area contributed by atoms with Gasteiger partial charge in [-0.3, -0.25) is 4.98 Å². The lowest BCUT2D eigenvalue weighted by Gasteiger charge is -2.18. The fourth-order valence-electron chi connectivity index (χ4n) is 1.85. The SMILES string of the molecule is CNC(Cc1cncs1)c1cccc(C)c1Cl. The molecule has 17 heavy (non-hydrogen) atoms. The summed E-state index contributed by atoms with van der Waals surface area (Å²) < 4.78 is 0. The van der Waals surface area contributed by atoms with Crippen molar-refractivity contribution in [3.8, 4) is 0 Å². The number of nitrogens with zero attached hydrogens (tertiary/aromatic N) is 1. The molecule has 0 spiro atoms. The fourth-order valence-corrected chi connectivity index (χ4v) is 2.75. The van der Waals surface area contributed by atoms with Crippen LogP contribution in [0.5, 0.6) is 0 Å².